The summed E-state index contributed by atoms with van der Waals surface area (Å²) in [7, 11) is 1.31. The molecule has 3 rings (SSSR count). The highest BCUT2D eigenvalue weighted by molar-refractivity contribution is 6.15. The van der Waals surface area contributed by atoms with Crippen LogP contribution in [0.5, 0.6) is 11.5 Å². The number of esters is 2. The van der Waals surface area contributed by atoms with Crippen LogP contribution < -0.4 is 9.47 Å². The topological polar surface area (TPSA) is 88.1 Å². The average molecular weight is 410 g/mol. The van der Waals surface area contributed by atoms with Crippen LogP contribution in [0.25, 0.3) is 6.08 Å². The second-order valence-electron chi connectivity index (χ2n) is 6.63. The molecule has 0 N–H and O–H groups in total. The average Bonchev–Trinajstić information content (AvgIpc) is 3.06. The van der Waals surface area contributed by atoms with Crippen molar-refractivity contribution >= 4 is 23.8 Å². The van der Waals surface area contributed by atoms with Gasteiger partial charge >= 0.3 is 11.9 Å². The highest BCUT2D eigenvalue weighted by Crippen LogP contribution is 2.39. The Labute approximate surface area is 174 Å². The first kappa shape index (κ1) is 21.1. The molecule has 1 heterocycles. The number of hydrogen-bond acceptors (Lipinski definition) is 7. The molecule has 1 unspecified atom stereocenters. The van der Waals surface area contributed by atoms with Gasteiger partial charge in [0.25, 0.3) is 0 Å². The van der Waals surface area contributed by atoms with Gasteiger partial charge in [-0.1, -0.05) is 12.1 Å². The van der Waals surface area contributed by atoms with E-state index in [2.05, 4.69) is 4.74 Å². The molecule has 0 bridgehead atoms. The molecule has 2 aromatic carbocycles. The number of ketones is 1. The fourth-order valence-electron chi connectivity index (χ4n) is 2.98. The van der Waals surface area contributed by atoms with Crippen molar-refractivity contribution in [2.75, 3.05) is 13.7 Å². The third-order valence-electron chi connectivity index (χ3n) is 4.59. The molecule has 0 fully saturated rings. The summed E-state index contributed by atoms with van der Waals surface area (Å²) in [6, 6.07) is 9.86. The maximum absolute atomic E-state index is 12.7. The van der Waals surface area contributed by atoms with Crippen LogP contribution in [-0.4, -0.2) is 37.5 Å². The molecule has 7 nitrogen and oxygen atoms in total. The molecular formula is C23H22O7. The minimum Gasteiger partial charge on any atom is -0.479 e. The number of Topliss-reactive ketones (excluding diaryl/α,β-unsaturated/α-hetero) is 1. The molecule has 7 heteroatoms. The number of rotatable bonds is 6. The van der Waals surface area contributed by atoms with Gasteiger partial charge in [-0.3, -0.25) is 4.79 Å². The standard InChI is InChI=1S/C23H22O7/c1-5-28-22(25)14(3)29-18-11-10-17-20(24)19(30-21(17)13(18)2)12-15-6-8-16(9-7-15)23(26)27-4/h6-12,14H,5H2,1-4H3/b19-12-. The molecule has 0 aliphatic carbocycles. The van der Waals surface area contributed by atoms with Gasteiger partial charge in [0.1, 0.15) is 11.5 Å². The second kappa shape index (κ2) is 8.82. The molecular weight excluding hydrogens is 388 g/mol. The van der Waals surface area contributed by atoms with Crippen LogP contribution in [0.2, 0.25) is 0 Å². The summed E-state index contributed by atoms with van der Waals surface area (Å²) in [5.74, 6) is -0.165. The van der Waals surface area contributed by atoms with Crippen molar-refractivity contribution in [2.45, 2.75) is 26.9 Å². The number of ether oxygens (including phenoxy) is 4. The Balaban J connectivity index is 1.82. The van der Waals surface area contributed by atoms with Gasteiger partial charge in [-0.15, -0.1) is 0 Å². The molecule has 0 amide bonds. The van der Waals surface area contributed by atoms with Crippen LogP contribution in [0.3, 0.4) is 0 Å². The van der Waals surface area contributed by atoms with Crippen LogP contribution in [0.15, 0.2) is 42.2 Å². The smallest absolute Gasteiger partial charge is 0.347 e. The van der Waals surface area contributed by atoms with Crippen molar-refractivity contribution in [3.05, 3.63) is 64.4 Å². The first-order valence-electron chi connectivity index (χ1n) is 9.45. The molecule has 0 spiro atoms. The molecule has 0 aromatic heterocycles. The van der Waals surface area contributed by atoms with Gasteiger partial charge in [0.2, 0.25) is 5.78 Å². The first-order chi connectivity index (χ1) is 14.3. The molecule has 0 radical (unpaired) electrons. The minimum atomic E-state index is -0.790. The van der Waals surface area contributed by atoms with E-state index in [0.717, 1.165) is 0 Å². The van der Waals surface area contributed by atoms with Crippen LogP contribution >= 0.6 is 0 Å². The fraction of sp³-hybridized carbons (Fsp3) is 0.261. The van der Waals surface area contributed by atoms with Gasteiger partial charge in [0.15, 0.2) is 11.9 Å². The lowest BCUT2D eigenvalue weighted by Gasteiger charge is -2.16. The quantitative estimate of drug-likeness (QED) is 0.530. The Hall–Kier alpha value is -3.61. The van der Waals surface area contributed by atoms with Gasteiger partial charge in [-0.25, -0.2) is 9.59 Å². The normalized spacial score (nSPS) is 14.7. The Kier molecular flexibility index (Phi) is 6.20. The summed E-state index contributed by atoms with van der Waals surface area (Å²) in [6.45, 7) is 5.34. The number of methoxy groups -OCH3 is 1. The lowest BCUT2D eigenvalue weighted by molar-refractivity contribution is -0.150. The van der Waals surface area contributed by atoms with Crippen molar-refractivity contribution in [1.82, 2.24) is 0 Å². The number of fused-ring (bicyclic) bond motifs is 1. The third-order valence-corrected chi connectivity index (χ3v) is 4.59. The maximum atomic E-state index is 12.7. The number of carbonyl (C=O) groups is 3. The maximum Gasteiger partial charge on any atom is 0.347 e. The zero-order valence-corrected chi connectivity index (χ0v) is 17.2. The summed E-state index contributed by atoms with van der Waals surface area (Å²) in [5, 5.41) is 0. The number of carbonyl (C=O) groups excluding carboxylic acids is 3. The molecule has 30 heavy (non-hydrogen) atoms. The Morgan fingerprint density at radius 2 is 1.83 bits per heavy atom. The van der Waals surface area contributed by atoms with Crippen LogP contribution in [0.4, 0.5) is 0 Å². The van der Waals surface area contributed by atoms with E-state index in [4.69, 9.17) is 14.2 Å². The lowest BCUT2D eigenvalue weighted by Crippen LogP contribution is -2.26. The zero-order valence-electron chi connectivity index (χ0n) is 17.2. The van der Waals surface area contributed by atoms with Crippen LogP contribution in [-0.2, 0) is 14.3 Å². The second-order valence-corrected chi connectivity index (χ2v) is 6.63. The van der Waals surface area contributed by atoms with Crippen LogP contribution in [0, 0.1) is 6.92 Å². The van der Waals surface area contributed by atoms with Crippen molar-refractivity contribution in [3.63, 3.8) is 0 Å². The highest BCUT2D eigenvalue weighted by Gasteiger charge is 2.31. The van der Waals surface area contributed by atoms with E-state index in [-0.39, 0.29) is 18.1 Å². The van der Waals surface area contributed by atoms with Gasteiger partial charge in [0.05, 0.1) is 24.8 Å². The van der Waals surface area contributed by atoms with E-state index < -0.39 is 18.0 Å². The first-order valence-corrected chi connectivity index (χ1v) is 9.45. The van der Waals surface area contributed by atoms with Gasteiger partial charge in [0, 0.05) is 5.56 Å². The number of benzene rings is 2. The molecule has 1 atom stereocenters. The van der Waals surface area contributed by atoms with Crippen molar-refractivity contribution in [3.8, 4) is 11.5 Å². The molecule has 2 aromatic rings. The van der Waals surface area contributed by atoms with E-state index >= 15 is 0 Å². The molecule has 0 saturated heterocycles. The van der Waals surface area contributed by atoms with E-state index in [1.165, 1.54) is 7.11 Å². The van der Waals surface area contributed by atoms with E-state index in [1.807, 2.05) is 0 Å². The van der Waals surface area contributed by atoms with Crippen molar-refractivity contribution in [2.24, 2.45) is 0 Å². The van der Waals surface area contributed by atoms with Gasteiger partial charge in [-0.2, -0.15) is 0 Å². The predicted octanol–water partition coefficient (Wildman–Crippen LogP) is 3.73. The molecule has 1 aliphatic rings. The van der Waals surface area contributed by atoms with E-state index in [9.17, 15) is 14.4 Å². The van der Waals surface area contributed by atoms with Crippen molar-refractivity contribution in [1.29, 1.82) is 0 Å². The summed E-state index contributed by atoms with van der Waals surface area (Å²) in [5.41, 5.74) is 2.14. The van der Waals surface area contributed by atoms with Gasteiger partial charge < -0.3 is 18.9 Å². The summed E-state index contributed by atoms with van der Waals surface area (Å²) in [4.78, 5) is 36.1. The largest absolute Gasteiger partial charge is 0.479 e. The summed E-state index contributed by atoms with van der Waals surface area (Å²) >= 11 is 0. The molecule has 156 valence electrons. The Morgan fingerprint density at radius 1 is 1.13 bits per heavy atom. The third kappa shape index (κ3) is 4.20. The van der Waals surface area contributed by atoms with Crippen molar-refractivity contribution < 1.29 is 33.3 Å². The summed E-state index contributed by atoms with van der Waals surface area (Å²) < 4.78 is 21.1. The highest BCUT2D eigenvalue weighted by atomic mass is 16.6. The monoisotopic (exact) mass is 410 g/mol. The molecule has 0 saturated carbocycles. The predicted molar refractivity (Wildman–Crippen MR) is 109 cm³/mol. The zero-order chi connectivity index (χ0) is 21.8. The number of hydrogen-bond donors (Lipinski definition) is 0. The SMILES string of the molecule is CCOC(=O)C(C)Oc1ccc2c(c1C)O/C(=C\c1ccc(C(=O)OC)cc1)C2=O. The van der Waals surface area contributed by atoms with Gasteiger partial charge in [-0.05, 0) is 56.7 Å². The molecule has 1 aliphatic heterocycles. The number of allylic oxidation sites excluding steroid dienone is 1. The fourth-order valence-corrected chi connectivity index (χ4v) is 2.98. The Bertz CT molecular complexity index is 1020. The minimum absolute atomic E-state index is 0.162. The summed E-state index contributed by atoms with van der Waals surface area (Å²) in [6.07, 6.45) is 0.812. The Morgan fingerprint density at radius 3 is 2.47 bits per heavy atom. The van der Waals surface area contributed by atoms with Crippen LogP contribution in [0.1, 0.15) is 45.7 Å². The van der Waals surface area contributed by atoms with E-state index in [0.29, 0.717) is 33.8 Å². The lowest BCUT2D eigenvalue weighted by atomic mass is 10.1. The van der Waals surface area contributed by atoms with E-state index in [1.54, 1.807) is 63.2 Å².